The van der Waals surface area contributed by atoms with E-state index >= 15 is 0 Å². The minimum absolute atomic E-state index is 0.00332. The number of aromatic nitrogens is 4. The Hall–Kier alpha value is -3.52. The third-order valence-corrected chi connectivity index (χ3v) is 4.35. The number of fused-ring (bicyclic) bond motifs is 1. The number of hydrogen-bond donors (Lipinski definition) is 2. The van der Waals surface area contributed by atoms with Crippen molar-refractivity contribution in [3.63, 3.8) is 0 Å². The second-order valence-corrected chi connectivity index (χ2v) is 6.38. The molecular weight excluding hydrogens is 385 g/mol. The molecule has 2 N–H and O–H groups in total. The van der Waals surface area contributed by atoms with Gasteiger partial charge in [0, 0.05) is 30.1 Å². The smallest absolute Gasteiger partial charge is 0.337 e. The fourth-order valence-electron chi connectivity index (χ4n) is 2.89. The Bertz CT molecular complexity index is 1180. The van der Waals surface area contributed by atoms with Gasteiger partial charge in [0.05, 0.1) is 6.20 Å². The second-order valence-electron chi connectivity index (χ2n) is 5.99. The van der Waals surface area contributed by atoms with Crippen LogP contribution < -0.4 is 9.72 Å². The molecule has 0 aliphatic carbocycles. The van der Waals surface area contributed by atoms with Crippen LogP contribution in [0, 0.1) is 5.82 Å². The summed E-state index contributed by atoms with van der Waals surface area (Å²) < 4.78 is 16.5. The summed E-state index contributed by atoms with van der Waals surface area (Å²) in [6, 6.07) is 11.0. The Kier molecular flexibility index (Phi) is 4.62. The van der Waals surface area contributed by atoms with Gasteiger partial charge >= 0.3 is 11.8 Å². The van der Waals surface area contributed by atoms with Crippen LogP contribution in [0.1, 0.15) is 16.1 Å². The fraction of sp³-hybridized carbons (Fsp3) is 0.0526. The van der Waals surface area contributed by atoms with Crippen LogP contribution in [-0.4, -0.2) is 25.5 Å². The molecule has 0 aliphatic heterocycles. The molecule has 0 atom stereocenters. The summed E-state index contributed by atoms with van der Waals surface area (Å²) in [5.74, 6) is -1.34. The molecule has 0 saturated carbocycles. The number of halogens is 2. The largest absolute Gasteiger partial charge is 0.474 e. The average molecular weight is 399 g/mol. The summed E-state index contributed by atoms with van der Waals surface area (Å²) in [7, 11) is 0. The normalized spacial score (nSPS) is 10.9. The van der Waals surface area contributed by atoms with Gasteiger partial charge in [-0.1, -0.05) is 23.7 Å². The lowest BCUT2D eigenvalue weighted by molar-refractivity contribution is -0.513. The minimum atomic E-state index is -0.621. The maximum atomic E-state index is 13.4. The molecule has 0 bridgehead atoms. The highest BCUT2D eigenvalue weighted by atomic mass is 35.5. The maximum absolute atomic E-state index is 13.4. The number of rotatable bonds is 4. The van der Waals surface area contributed by atoms with Crippen LogP contribution in [0.3, 0.4) is 0 Å². The van der Waals surface area contributed by atoms with Gasteiger partial charge in [0.2, 0.25) is 0 Å². The molecule has 0 unspecified atom stereocenters. The van der Waals surface area contributed by atoms with Gasteiger partial charge in [-0.2, -0.15) is 8.97 Å². The highest BCUT2D eigenvalue weighted by Crippen LogP contribution is 2.21. The van der Waals surface area contributed by atoms with Crippen LogP contribution in [0.5, 0.6) is 5.88 Å². The zero-order valence-corrected chi connectivity index (χ0v) is 15.1. The molecule has 0 fully saturated rings. The van der Waals surface area contributed by atoms with E-state index in [9.17, 15) is 14.3 Å². The number of amides is 1. The van der Waals surface area contributed by atoms with Gasteiger partial charge < -0.3 is 10.4 Å². The molecule has 28 heavy (non-hydrogen) atoms. The molecule has 9 heteroatoms. The highest BCUT2D eigenvalue weighted by Gasteiger charge is 2.31. The summed E-state index contributed by atoms with van der Waals surface area (Å²) >= 11 is 5.82. The summed E-state index contributed by atoms with van der Waals surface area (Å²) in [5.41, 5.74) is 1.38. The molecule has 0 spiro atoms. The predicted octanol–water partition coefficient (Wildman–Crippen LogP) is 2.82. The Balaban J connectivity index is 1.75. The number of carbonyl (C=O) groups is 1. The first-order chi connectivity index (χ1) is 13.5. The molecular formula is C19H14ClFN5O2+. The number of nitrogens with one attached hydrogen (secondary N) is 1. The topological polar surface area (TPSA) is 84.1 Å². The lowest BCUT2D eigenvalue weighted by Gasteiger charge is -2.02. The number of pyridine rings is 3. The molecule has 7 nitrogen and oxygen atoms in total. The van der Waals surface area contributed by atoms with E-state index in [1.54, 1.807) is 51.7 Å². The molecule has 140 valence electrons. The third kappa shape index (κ3) is 3.37. The Morgan fingerprint density at radius 2 is 2.11 bits per heavy atom. The Morgan fingerprint density at radius 3 is 2.86 bits per heavy atom. The standard InChI is InChI=1S/C19H13ClFN5O2/c20-14-5-4-12(10-23-14)11-26-16-3-1-2-8-25(16)17(19(26)28)18(27)24-15-9-13(21)6-7-22-15/h1-10H,11H2,(H-,22,24,27,28)/p+1. The summed E-state index contributed by atoms with van der Waals surface area (Å²) in [6.45, 7) is 0.273. The van der Waals surface area contributed by atoms with Gasteiger partial charge in [-0.3, -0.25) is 4.79 Å². The molecule has 0 aromatic carbocycles. The van der Waals surface area contributed by atoms with Crippen molar-refractivity contribution in [2.24, 2.45) is 0 Å². The highest BCUT2D eigenvalue weighted by molar-refractivity contribution is 6.29. The van der Waals surface area contributed by atoms with Crippen molar-refractivity contribution >= 4 is 29.0 Å². The van der Waals surface area contributed by atoms with E-state index in [-0.39, 0.29) is 23.9 Å². The monoisotopic (exact) mass is 398 g/mol. The van der Waals surface area contributed by atoms with Crippen LogP contribution >= 0.6 is 11.6 Å². The van der Waals surface area contributed by atoms with Crippen LogP contribution in [0.2, 0.25) is 5.15 Å². The first kappa shape index (κ1) is 17.9. The molecule has 4 aromatic rings. The molecule has 4 rings (SSSR count). The van der Waals surface area contributed by atoms with E-state index in [1.807, 2.05) is 0 Å². The number of hydrogen-bond acceptors (Lipinski definition) is 4. The predicted molar refractivity (Wildman–Crippen MR) is 99.8 cm³/mol. The van der Waals surface area contributed by atoms with Crippen molar-refractivity contribution in [2.75, 3.05) is 5.32 Å². The Morgan fingerprint density at radius 1 is 1.25 bits per heavy atom. The quantitative estimate of drug-likeness (QED) is 0.409. The number of imidazole rings is 1. The molecule has 0 radical (unpaired) electrons. The zero-order chi connectivity index (χ0) is 19.7. The minimum Gasteiger partial charge on any atom is -0.474 e. The van der Waals surface area contributed by atoms with Crippen LogP contribution in [-0.2, 0) is 6.54 Å². The SMILES string of the molecule is O=C(Nc1cc(F)ccn1)c1c(O)n(Cc2ccc(Cl)nc2)c2cccc[n+]12. The van der Waals surface area contributed by atoms with Crippen molar-refractivity contribution < 1.29 is 18.7 Å². The van der Waals surface area contributed by atoms with E-state index in [0.717, 1.165) is 11.6 Å². The van der Waals surface area contributed by atoms with Crippen molar-refractivity contribution in [3.8, 4) is 5.88 Å². The molecule has 1 amide bonds. The number of anilines is 1. The molecule has 4 aromatic heterocycles. The molecule has 0 aliphatic rings. The van der Waals surface area contributed by atoms with E-state index < -0.39 is 11.7 Å². The summed E-state index contributed by atoms with van der Waals surface area (Å²) in [4.78, 5) is 20.7. The van der Waals surface area contributed by atoms with Gasteiger partial charge in [-0.25, -0.2) is 14.4 Å². The lowest BCUT2D eigenvalue weighted by Crippen LogP contribution is -2.30. The third-order valence-electron chi connectivity index (χ3n) is 4.13. The number of nitrogens with zero attached hydrogens (tertiary/aromatic N) is 4. The Labute approximate surface area is 163 Å². The van der Waals surface area contributed by atoms with Crippen molar-refractivity contribution in [1.82, 2.24) is 14.5 Å². The first-order valence-corrected chi connectivity index (χ1v) is 8.66. The van der Waals surface area contributed by atoms with E-state index in [2.05, 4.69) is 15.3 Å². The van der Waals surface area contributed by atoms with Crippen LogP contribution in [0.15, 0.2) is 61.1 Å². The first-order valence-electron chi connectivity index (χ1n) is 8.28. The van der Waals surface area contributed by atoms with Crippen LogP contribution in [0.4, 0.5) is 10.2 Å². The number of carbonyl (C=O) groups excluding carboxylic acids is 1. The van der Waals surface area contributed by atoms with E-state index in [0.29, 0.717) is 10.8 Å². The lowest BCUT2D eigenvalue weighted by atomic mass is 10.3. The molecule has 4 heterocycles. The van der Waals surface area contributed by atoms with Crippen LogP contribution in [0.25, 0.3) is 5.65 Å². The van der Waals surface area contributed by atoms with Gasteiger partial charge in [-0.05, 0) is 18.2 Å². The molecule has 0 saturated heterocycles. The van der Waals surface area contributed by atoms with Crippen molar-refractivity contribution in [3.05, 3.63) is 83.3 Å². The second kappa shape index (κ2) is 7.24. The van der Waals surface area contributed by atoms with E-state index in [1.165, 1.54) is 12.3 Å². The van der Waals surface area contributed by atoms with Gasteiger partial charge in [0.1, 0.15) is 23.3 Å². The van der Waals surface area contributed by atoms with Gasteiger partial charge in [0.25, 0.3) is 11.3 Å². The van der Waals surface area contributed by atoms with E-state index in [4.69, 9.17) is 11.6 Å². The van der Waals surface area contributed by atoms with Gasteiger partial charge in [0.15, 0.2) is 0 Å². The van der Waals surface area contributed by atoms with Gasteiger partial charge in [-0.15, -0.1) is 0 Å². The van der Waals surface area contributed by atoms with Crippen molar-refractivity contribution in [2.45, 2.75) is 6.54 Å². The summed E-state index contributed by atoms with van der Waals surface area (Å²) in [5, 5.41) is 13.6. The maximum Gasteiger partial charge on any atom is 0.337 e. The zero-order valence-electron chi connectivity index (χ0n) is 14.4. The average Bonchev–Trinajstić information content (AvgIpc) is 2.95. The summed E-state index contributed by atoms with van der Waals surface area (Å²) in [6.07, 6.45) is 4.49. The van der Waals surface area contributed by atoms with Crippen molar-refractivity contribution in [1.29, 1.82) is 0 Å². The fourth-order valence-corrected chi connectivity index (χ4v) is 3.00. The number of aromatic hydroxyl groups is 1.